The molecule has 0 amide bonds. The van der Waals surface area contributed by atoms with Crippen molar-refractivity contribution in [2.75, 3.05) is 11.9 Å². The number of anilines is 1. The molecule has 0 radical (unpaired) electrons. The van der Waals surface area contributed by atoms with Crippen LogP contribution in [0.25, 0.3) is 0 Å². The highest BCUT2D eigenvalue weighted by Crippen LogP contribution is 2.20. The van der Waals surface area contributed by atoms with Crippen molar-refractivity contribution < 1.29 is 8.78 Å². The number of hydrogen-bond donors (Lipinski definition) is 1. The average Bonchev–Trinajstić information content (AvgIpc) is 2.93. The molecule has 5 heteroatoms. The van der Waals surface area contributed by atoms with Gasteiger partial charge in [-0.1, -0.05) is 45.4 Å². The van der Waals surface area contributed by atoms with Crippen LogP contribution in [-0.2, 0) is 6.54 Å². The fourth-order valence-corrected chi connectivity index (χ4v) is 2.60. The van der Waals surface area contributed by atoms with Crippen LogP contribution in [0, 0.1) is 0 Å². The van der Waals surface area contributed by atoms with Gasteiger partial charge in [-0.15, -0.1) is 0 Å². The molecule has 1 N–H and O–H groups in total. The first-order valence-electron chi connectivity index (χ1n) is 9.15. The largest absolute Gasteiger partial charge is 0.383 e. The van der Waals surface area contributed by atoms with Crippen molar-refractivity contribution in [3.8, 4) is 0 Å². The molecule has 0 atom stereocenters. The lowest BCUT2D eigenvalue weighted by molar-refractivity contribution is 0.0102. The number of nitrogens with one attached hydrogen (secondary N) is 1. The number of halogens is 2. The molecule has 0 aliphatic heterocycles. The van der Waals surface area contributed by atoms with E-state index in [1.165, 1.54) is 44.9 Å². The Hall–Kier alpha value is -1.13. The third kappa shape index (κ3) is 11.1. The average molecular weight is 329 g/mol. The van der Waals surface area contributed by atoms with Gasteiger partial charge in [-0.05, 0) is 26.2 Å². The molecule has 0 aromatic carbocycles. The van der Waals surface area contributed by atoms with E-state index in [-0.39, 0.29) is 6.42 Å². The number of alkyl halides is 2. The van der Waals surface area contributed by atoms with Gasteiger partial charge in [0.15, 0.2) is 0 Å². The fourth-order valence-electron chi connectivity index (χ4n) is 2.60. The summed E-state index contributed by atoms with van der Waals surface area (Å²) < 4.78 is 27.3. The molecule has 1 heterocycles. The van der Waals surface area contributed by atoms with Crippen molar-refractivity contribution in [1.29, 1.82) is 0 Å². The van der Waals surface area contributed by atoms with Crippen LogP contribution in [0.5, 0.6) is 0 Å². The van der Waals surface area contributed by atoms with Gasteiger partial charge in [-0.3, -0.25) is 4.68 Å². The third-order valence-electron chi connectivity index (χ3n) is 4.00. The Morgan fingerprint density at radius 2 is 1.74 bits per heavy atom. The van der Waals surface area contributed by atoms with Crippen molar-refractivity contribution in [3.05, 3.63) is 12.4 Å². The van der Waals surface area contributed by atoms with Gasteiger partial charge in [-0.2, -0.15) is 5.10 Å². The highest BCUT2D eigenvalue weighted by Gasteiger charge is 2.19. The monoisotopic (exact) mass is 329 g/mol. The van der Waals surface area contributed by atoms with Crippen molar-refractivity contribution in [2.45, 2.75) is 90.5 Å². The molecule has 3 nitrogen and oxygen atoms in total. The van der Waals surface area contributed by atoms with E-state index in [2.05, 4.69) is 17.3 Å². The number of nitrogens with zero attached hydrogens (tertiary/aromatic N) is 2. The van der Waals surface area contributed by atoms with Crippen LogP contribution >= 0.6 is 0 Å². The van der Waals surface area contributed by atoms with E-state index < -0.39 is 5.92 Å². The molecule has 0 aliphatic rings. The first-order chi connectivity index (χ1) is 11.0. The summed E-state index contributed by atoms with van der Waals surface area (Å²) in [6.07, 6.45) is 14.1. The van der Waals surface area contributed by atoms with Crippen LogP contribution < -0.4 is 5.32 Å². The molecule has 0 saturated carbocycles. The molecular weight excluding hydrogens is 296 g/mol. The van der Waals surface area contributed by atoms with Crippen LogP contribution in [0.2, 0.25) is 0 Å². The summed E-state index contributed by atoms with van der Waals surface area (Å²) in [5.41, 5.74) is 1.02. The predicted octanol–water partition coefficient (Wildman–Crippen LogP) is 5.87. The van der Waals surface area contributed by atoms with Crippen LogP contribution in [0.3, 0.4) is 0 Å². The zero-order valence-corrected chi connectivity index (χ0v) is 14.8. The van der Waals surface area contributed by atoms with E-state index in [9.17, 15) is 8.78 Å². The minimum Gasteiger partial charge on any atom is -0.383 e. The van der Waals surface area contributed by atoms with E-state index in [4.69, 9.17) is 0 Å². The van der Waals surface area contributed by atoms with Gasteiger partial charge in [0.05, 0.1) is 11.9 Å². The van der Waals surface area contributed by atoms with Gasteiger partial charge in [0.25, 0.3) is 0 Å². The lowest BCUT2D eigenvalue weighted by Gasteiger charge is -2.09. The van der Waals surface area contributed by atoms with Crippen molar-refractivity contribution in [1.82, 2.24) is 9.78 Å². The summed E-state index contributed by atoms with van der Waals surface area (Å²) >= 11 is 0. The molecule has 0 saturated heterocycles. The Balaban J connectivity index is 2.03. The number of rotatable bonds is 14. The lowest BCUT2D eigenvalue weighted by atomic mass is 10.1. The topological polar surface area (TPSA) is 29.9 Å². The molecule has 1 rings (SSSR count). The van der Waals surface area contributed by atoms with E-state index in [1.807, 2.05) is 17.1 Å². The minimum atomic E-state index is -2.55. The maximum Gasteiger partial charge on any atom is 0.245 e. The molecule has 0 aliphatic carbocycles. The zero-order chi connectivity index (χ0) is 17.0. The van der Waals surface area contributed by atoms with Crippen molar-refractivity contribution >= 4 is 5.69 Å². The number of aryl methyl sites for hydroxylation is 1. The van der Waals surface area contributed by atoms with Gasteiger partial charge in [0, 0.05) is 25.7 Å². The van der Waals surface area contributed by atoms with Crippen molar-refractivity contribution in [3.63, 3.8) is 0 Å². The lowest BCUT2D eigenvalue weighted by Crippen LogP contribution is -2.09. The second kappa shape index (κ2) is 11.4. The van der Waals surface area contributed by atoms with Gasteiger partial charge in [-0.25, -0.2) is 8.78 Å². The van der Waals surface area contributed by atoms with E-state index in [0.29, 0.717) is 13.0 Å². The molecule has 0 spiro atoms. The highest BCUT2D eigenvalue weighted by atomic mass is 19.3. The molecule has 0 bridgehead atoms. The quantitative estimate of drug-likeness (QED) is 0.432. The van der Waals surface area contributed by atoms with Crippen LogP contribution in [0.15, 0.2) is 12.4 Å². The summed E-state index contributed by atoms with van der Waals surface area (Å²) in [6.45, 7) is 4.90. The SMILES string of the molecule is CCCCCCCCCNc1cnn(CCCCC(C)(F)F)c1. The highest BCUT2D eigenvalue weighted by molar-refractivity contribution is 5.37. The summed E-state index contributed by atoms with van der Waals surface area (Å²) in [5.74, 6) is -2.55. The Morgan fingerprint density at radius 1 is 1.04 bits per heavy atom. The predicted molar refractivity (Wildman–Crippen MR) is 93.2 cm³/mol. The number of hydrogen-bond acceptors (Lipinski definition) is 2. The van der Waals surface area contributed by atoms with E-state index in [0.717, 1.165) is 25.6 Å². The van der Waals surface area contributed by atoms with Crippen LogP contribution in [-0.4, -0.2) is 22.2 Å². The first kappa shape index (κ1) is 19.9. The maximum absolute atomic E-state index is 12.7. The van der Waals surface area contributed by atoms with E-state index >= 15 is 0 Å². The Kier molecular flexibility index (Phi) is 9.88. The number of aromatic nitrogens is 2. The second-order valence-electron chi connectivity index (χ2n) is 6.57. The molecule has 134 valence electrons. The van der Waals surface area contributed by atoms with Gasteiger partial charge in [0.1, 0.15) is 0 Å². The van der Waals surface area contributed by atoms with Crippen LogP contribution in [0.4, 0.5) is 14.5 Å². The molecule has 1 aromatic rings. The third-order valence-corrected chi connectivity index (χ3v) is 4.00. The molecule has 23 heavy (non-hydrogen) atoms. The van der Waals surface area contributed by atoms with Gasteiger partial charge >= 0.3 is 0 Å². The summed E-state index contributed by atoms with van der Waals surface area (Å²) in [5, 5.41) is 7.64. The maximum atomic E-state index is 12.7. The summed E-state index contributed by atoms with van der Waals surface area (Å²) in [4.78, 5) is 0. The van der Waals surface area contributed by atoms with E-state index in [1.54, 1.807) is 0 Å². The smallest absolute Gasteiger partial charge is 0.245 e. The summed E-state index contributed by atoms with van der Waals surface area (Å²) in [7, 11) is 0. The van der Waals surface area contributed by atoms with Crippen LogP contribution in [0.1, 0.15) is 78.1 Å². The first-order valence-corrected chi connectivity index (χ1v) is 9.15. The minimum absolute atomic E-state index is 0.0440. The Morgan fingerprint density at radius 3 is 2.43 bits per heavy atom. The Bertz CT molecular complexity index is 399. The molecule has 0 fully saturated rings. The van der Waals surface area contributed by atoms with Crippen molar-refractivity contribution in [2.24, 2.45) is 0 Å². The summed E-state index contributed by atoms with van der Waals surface area (Å²) in [6, 6.07) is 0. The Labute approximate surface area is 139 Å². The zero-order valence-electron chi connectivity index (χ0n) is 14.8. The fraction of sp³-hybridized carbons (Fsp3) is 0.833. The normalized spacial score (nSPS) is 11.8. The molecular formula is C18H33F2N3. The van der Waals surface area contributed by atoms with Gasteiger partial charge in [0.2, 0.25) is 5.92 Å². The molecule has 0 unspecified atom stereocenters. The standard InChI is InChI=1S/C18H33F2N3/c1-3-4-5-6-7-8-10-13-21-17-15-22-23(16-17)14-11-9-12-18(2,19)20/h15-16,21H,3-14H2,1-2H3. The number of unbranched alkanes of at least 4 members (excludes halogenated alkanes) is 7. The van der Waals surface area contributed by atoms with Gasteiger partial charge < -0.3 is 5.32 Å². The second-order valence-corrected chi connectivity index (χ2v) is 6.57. The molecule has 1 aromatic heterocycles.